The normalized spacial score (nSPS) is 20.6. The van der Waals surface area contributed by atoms with Crippen molar-refractivity contribution in [3.05, 3.63) is 29.6 Å². The minimum absolute atomic E-state index is 0.0972. The van der Waals surface area contributed by atoms with E-state index in [1.54, 1.807) is 6.07 Å². The molecule has 1 fully saturated rings. The Kier molecular flexibility index (Phi) is 4.00. The predicted molar refractivity (Wildman–Crippen MR) is 67.6 cm³/mol. The van der Waals surface area contributed by atoms with Gasteiger partial charge in [0.05, 0.1) is 6.61 Å². The molecule has 1 atom stereocenters. The van der Waals surface area contributed by atoms with Gasteiger partial charge in [-0.05, 0) is 43.9 Å². The highest BCUT2D eigenvalue weighted by atomic mass is 19.1. The minimum atomic E-state index is -0.275. The van der Waals surface area contributed by atoms with Gasteiger partial charge in [-0.3, -0.25) is 0 Å². The fraction of sp³-hybridized carbons (Fsp3) is 0.571. The zero-order valence-electron chi connectivity index (χ0n) is 10.3. The van der Waals surface area contributed by atoms with Crippen LogP contribution >= 0.6 is 0 Å². The van der Waals surface area contributed by atoms with E-state index in [1.807, 2.05) is 0 Å². The molecule has 17 heavy (non-hydrogen) atoms. The first-order valence-electron chi connectivity index (χ1n) is 6.42. The summed E-state index contributed by atoms with van der Waals surface area (Å²) in [5, 5.41) is 9.34. The Morgan fingerprint density at radius 2 is 2.24 bits per heavy atom. The SMILES string of the molecule is CCC1CCCCN1c1ccc(F)cc1CO. The van der Waals surface area contributed by atoms with Crippen molar-refractivity contribution in [3.63, 3.8) is 0 Å². The van der Waals surface area contributed by atoms with Gasteiger partial charge in [0.1, 0.15) is 5.82 Å². The number of piperidine rings is 1. The van der Waals surface area contributed by atoms with Gasteiger partial charge in [-0.15, -0.1) is 0 Å². The summed E-state index contributed by atoms with van der Waals surface area (Å²) in [6.45, 7) is 3.10. The van der Waals surface area contributed by atoms with E-state index < -0.39 is 0 Å². The molecule has 1 saturated heterocycles. The van der Waals surface area contributed by atoms with Crippen LogP contribution in [0.15, 0.2) is 18.2 Å². The highest BCUT2D eigenvalue weighted by molar-refractivity contribution is 5.54. The molecule has 0 amide bonds. The molecule has 1 aromatic carbocycles. The van der Waals surface area contributed by atoms with Crippen LogP contribution in [0, 0.1) is 5.82 Å². The summed E-state index contributed by atoms with van der Waals surface area (Å²) in [5.41, 5.74) is 1.70. The molecule has 3 heteroatoms. The van der Waals surface area contributed by atoms with Crippen LogP contribution in [0.3, 0.4) is 0 Å². The summed E-state index contributed by atoms with van der Waals surface area (Å²) in [6, 6.07) is 5.25. The van der Waals surface area contributed by atoms with E-state index in [1.165, 1.54) is 31.4 Å². The Bertz CT molecular complexity index is 380. The summed E-state index contributed by atoms with van der Waals surface area (Å²) in [5.74, 6) is -0.275. The molecule has 0 radical (unpaired) electrons. The van der Waals surface area contributed by atoms with E-state index in [0.717, 1.165) is 18.7 Å². The second-order valence-corrected chi connectivity index (χ2v) is 4.68. The van der Waals surface area contributed by atoms with Crippen molar-refractivity contribution >= 4 is 5.69 Å². The maximum absolute atomic E-state index is 13.2. The van der Waals surface area contributed by atoms with Crippen molar-refractivity contribution in [2.45, 2.75) is 45.3 Å². The number of hydrogen-bond acceptors (Lipinski definition) is 2. The van der Waals surface area contributed by atoms with Gasteiger partial charge in [-0.25, -0.2) is 4.39 Å². The highest BCUT2D eigenvalue weighted by Crippen LogP contribution is 2.29. The molecule has 0 aliphatic carbocycles. The van der Waals surface area contributed by atoms with Gasteiger partial charge in [0.2, 0.25) is 0 Å². The van der Waals surface area contributed by atoms with Crippen molar-refractivity contribution in [3.8, 4) is 0 Å². The topological polar surface area (TPSA) is 23.5 Å². The number of anilines is 1. The first kappa shape index (κ1) is 12.4. The number of benzene rings is 1. The Balaban J connectivity index is 2.30. The van der Waals surface area contributed by atoms with Gasteiger partial charge < -0.3 is 10.0 Å². The van der Waals surface area contributed by atoms with Crippen LogP contribution in [0.1, 0.15) is 38.2 Å². The van der Waals surface area contributed by atoms with E-state index in [9.17, 15) is 9.50 Å². The third-order valence-corrected chi connectivity index (χ3v) is 3.62. The third-order valence-electron chi connectivity index (χ3n) is 3.62. The first-order chi connectivity index (χ1) is 8.26. The molecule has 1 heterocycles. The van der Waals surface area contributed by atoms with Crippen molar-refractivity contribution < 1.29 is 9.50 Å². The highest BCUT2D eigenvalue weighted by Gasteiger charge is 2.22. The molecule has 0 spiro atoms. The average molecular weight is 237 g/mol. The van der Waals surface area contributed by atoms with Crippen LogP contribution in [-0.2, 0) is 6.61 Å². The smallest absolute Gasteiger partial charge is 0.123 e. The zero-order valence-corrected chi connectivity index (χ0v) is 10.3. The van der Waals surface area contributed by atoms with E-state index in [-0.39, 0.29) is 12.4 Å². The maximum Gasteiger partial charge on any atom is 0.123 e. The van der Waals surface area contributed by atoms with Gasteiger partial charge in [0.25, 0.3) is 0 Å². The maximum atomic E-state index is 13.2. The van der Waals surface area contributed by atoms with Crippen LogP contribution in [0.4, 0.5) is 10.1 Å². The number of aliphatic hydroxyl groups excluding tert-OH is 1. The molecule has 0 aromatic heterocycles. The summed E-state index contributed by atoms with van der Waals surface area (Å²) < 4.78 is 13.2. The standard InChI is InChI=1S/C14H20FNO/c1-2-13-5-3-4-8-16(13)14-7-6-12(15)9-11(14)10-17/h6-7,9,13,17H,2-5,8,10H2,1H3. The number of hydrogen-bond donors (Lipinski definition) is 1. The fourth-order valence-corrected chi connectivity index (χ4v) is 2.70. The fourth-order valence-electron chi connectivity index (χ4n) is 2.70. The Hall–Kier alpha value is -1.09. The second-order valence-electron chi connectivity index (χ2n) is 4.68. The Morgan fingerprint density at radius 1 is 1.41 bits per heavy atom. The number of rotatable bonds is 3. The summed E-state index contributed by atoms with van der Waals surface area (Å²) >= 11 is 0. The van der Waals surface area contributed by atoms with Gasteiger partial charge in [-0.1, -0.05) is 6.92 Å². The number of aliphatic hydroxyl groups is 1. The van der Waals surface area contributed by atoms with Gasteiger partial charge in [0.15, 0.2) is 0 Å². The Labute approximate surface area is 102 Å². The van der Waals surface area contributed by atoms with Crippen LogP contribution in [0.25, 0.3) is 0 Å². The molecule has 1 aliphatic rings. The monoisotopic (exact) mass is 237 g/mol. The van der Waals surface area contributed by atoms with Crippen LogP contribution in [0.2, 0.25) is 0 Å². The largest absolute Gasteiger partial charge is 0.392 e. The third kappa shape index (κ3) is 2.60. The molecule has 94 valence electrons. The molecule has 0 bridgehead atoms. The lowest BCUT2D eigenvalue weighted by atomic mass is 9.98. The lowest BCUT2D eigenvalue weighted by molar-refractivity contribution is 0.280. The molecule has 1 aromatic rings. The van der Waals surface area contributed by atoms with Crippen molar-refractivity contribution in [1.29, 1.82) is 0 Å². The van der Waals surface area contributed by atoms with Crippen molar-refractivity contribution in [1.82, 2.24) is 0 Å². The quantitative estimate of drug-likeness (QED) is 0.873. The van der Waals surface area contributed by atoms with Gasteiger partial charge >= 0.3 is 0 Å². The van der Waals surface area contributed by atoms with Crippen LogP contribution < -0.4 is 4.90 Å². The summed E-state index contributed by atoms with van der Waals surface area (Å²) in [7, 11) is 0. The Morgan fingerprint density at radius 3 is 2.94 bits per heavy atom. The van der Waals surface area contributed by atoms with E-state index in [0.29, 0.717) is 11.6 Å². The lowest BCUT2D eigenvalue weighted by Gasteiger charge is -2.38. The second kappa shape index (κ2) is 5.50. The number of halogens is 1. The molecule has 0 saturated carbocycles. The molecule has 1 unspecified atom stereocenters. The van der Waals surface area contributed by atoms with E-state index in [2.05, 4.69) is 11.8 Å². The van der Waals surface area contributed by atoms with E-state index >= 15 is 0 Å². The molecular weight excluding hydrogens is 217 g/mol. The van der Waals surface area contributed by atoms with Gasteiger partial charge in [-0.2, -0.15) is 0 Å². The molecule has 1 N–H and O–H groups in total. The van der Waals surface area contributed by atoms with Crippen molar-refractivity contribution in [2.24, 2.45) is 0 Å². The summed E-state index contributed by atoms with van der Waals surface area (Å²) in [4.78, 5) is 2.33. The van der Waals surface area contributed by atoms with Gasteiger partial charge in [0, 0.05) is 23.8 Å². The first-order valence-corrected chi connectivity index (χ1v) is 6.42. The lowest BCUT2D eigenvalue weighted by Crippen LogP contribution is -2.39. The molecule has 2 nitrogen and oxygen atoms in total. The van der Waals surface area contributed by atoms with Crippen LogP contribution in [0.5, 0.6) is 0 Å². The minimum Gasteiger partial charge on any atom is -0.392 e. The molecular formula is C14H20FNO. The van der Waals surface area contributed by atoms with E-state index in [4.69, 9.17) is 0 Å². The zero-order chi connectivity index (χ0) is 12.3. The molecule has 1 aliphatic heterocycles. The number of nitrogens with zero attached hydrogens (tertiary/aromatic N) is 1. The van der Waals surface area contributed by atoms with Crippen LogP contribution in [-0.4, -0.2) is 17.7 Å². The predicted octanol–water partition coefficient (Wildman–Crippen LogP) is 3.09. The summed E-state index contributed by atoms with van der Waals surface area (Å²) in [6.07, 6.45) is 4.74. The molecule has 2 rings (SSSR count). The average Bonchev–Trinajstić information content (AvgIpc) is 2.38. The van der Waals surface area contributed by atoms with Crippen molar-refractivity contribution in [2.75, 3.05) is 11.4 Å².